The van der Waals surface area contributed by atoms with Crippen LogP contribution in [0.15, 0.2) is 0 Å². The van der Waals surface area contributed by atoms with E-state index in [1.807, 2.05) is 0 Å². The predicted octanol–water partition coefficient (Wildman–Crippen LogP) is 3.26. The van der Waals surface area contributed by atoms with Gasteiger partial charge in [0.15, 0.2) is 0 Å². The smallest absolute Gasteiger partial charge is 0.266 e. The highest BCUT2D eigenvalue weighted by atomic mass is 32.9. The van der Waals surface area contributed by atoms with Gasteiger partial charge in [-0.2, -0.15) is 4.21 Å². The molecule has 0 aromatic carbocycles. The first-order valence-corrected chi connectivity index (χ1v) is 9.67. The molecule has 0 saturated heterocycles. The van der Waals surface area contributed by atoms with E-state index < -0.39 is 9.05 Å². The molecule has 6 heteroatoms. The molecule has 2 N–H and O–H groups in total. The first-order chi connectivity index (χ1) is 8.95. The second kappa shape index (κ2) is 12.0. The zero-order chi connectivity index (χ0) is 14.6. The fourth-order valence-corrected chi connectivity index (χ4v) is 2.46. The summed E-state index contributed by atoms with van der Waals surface area (Å²) in [7, 11) is -3.46. The molecule has 0 fully saturated rings. The molecule has 0 bridgehead atoms. The van der Waals surface area contributed by atoms with Crippen molar-refractivity contribution in [1.29, 1.82) is 0 Å². The minimum absolute atomic E-state index is 0.181. The Morgan fingerprint density at radius 2 is 1.79 bits per heavy atom. The molecule has 1 unspecified atom stereocenters. The summed E-state index contributed by atoms with van der Waals surface area (Å²) in [6.07, 6.45) is 10.4. The van der Waals surface area contributed by atoms with Crippen molar-refractivity contribution in [3.63, 3.8) is 0 Å². The molecule has 0 amide bonds. The second-order valence-electron chi connectivity index (χ2n) is 5.01. The third kappa shape index (κ3) is 16.2. The van der Waals surface area contributed by atoms with Crippen molar-refractivity contribution in [3.05, 3.63) is 0 Å². The van der Waals surface area contributed by atoms with Crippen LogP contribution in [0.3, 0.4) is 0 Å². The van der Waals surface area contributed by atoms with Crippen LogP contribution in [0.25, 0.3) is 0 Å². The molecule has 0 aliphatic carbocycles. The predicted molar refractivity (Wildman–Crippen MR) is 84.2 cm³/mol. The van der Waals surface area contributed by atoms with Gasteiger partial charge in [-0.3, -0.25) is 8.74 Å². The van der Waals surface area contributed by atoms with Crippen LogP contribution >= 0.6 is 0 Å². The van der Waals surface area contributed by atoms with E-state index in [0.29, 0.717) is 12.6 Å². The van der Waals surface area contributed by atoms with E-state index in [2.05, 4.69) is 34.5 Å². The van der Waals surface area contributed by atoms with E-state index in [9.17, 15) is 4.21 Å². The van der Waals surface area contributed by atoms with Gasteiger partial charge < -0.3 is 5.32 Å². The lowest BCUT2D eigenvalue weighted by Gasteiger charge is -2.13. The number of rotatable bonds is 13. The highest BCUT2D eigenvalue weighted by Gasteiger charge is 2.03. The Balaban J connectivity index is 3.28. The fourth-order valence-electron chi connectivity index (χ4n) is 1.96. The topological polar surface area (TPSA) is 58.6 Å². The zero-order valence-corrected chi connectivity index (χ0v) is 13.9. The van der Waals surface area contributed by atoms with Crippen LogP contribution < -0.4 is 5.32 Å². The van der Waals surface area contributed by atoms with Gasteiger partial charge in [0.1, 0.15) is 0 Å². The summed E-state index contributed by atoms with van der Waals surface area (Å²) in [5.74, 6) is 0. The Morgan fingerprint density at radius 3 is 2.37 bits per heavy atom. The van der Waals surface area contributed by atoms with Crippen molar-refractivity contribution < 1.29 is 12.9 Å². The minimum Gasteiger partial charge on any atom is -0.312 e. The molecule has 0 aliphatic rings. The van der Waals surface area contributed by atoms with Crippen LogP contribution in [0.4, 0.5) is 0 Å². The van der Waals surface area contributed by atoms with E-state index in [-0.39, 0.29) is 6.61 Å². The molecule has 116 valence electrons. The van der Waals surface area contributed by atoms with Crippen molar-refractivity contribution in [2.75, 3.05) is 13.2 Å². The first kappa shape index (κ1) is 19.2. The van der Waals surface area contributed by atoms with E-state index in [1.54, 1.807) is 0 Å². The van der Waals surface area contributed by atoms with Crippen molar-refractivity contribution in [2.45, 2.75) is 71.3 Å². The third-order valence-electron chi connectivity index (χ3n) is 3.07. The van der Waals surface area contributed by atoms with Crippen LogP contribution in [0.2, 0.25) is 0 Å². The van der Waals surface area contributed by atoms with Gasteiger partial charge >= 0.3 is 0 Å². The molecule has 0 rings (SSSR count). The molecule has 0 aliphatic heterocycles. The molecule has 19 heavy (non-hydrogen) atoms. The molecule has 0 heterocycles. The zero-order valence-electron chi connectivity index (χ0n) is 12.2. The summed E-state index contributed by atoms with van der Waals surface area (Å²) in [6, 6.07) is 0.416. The Morgan fingerprint density at radius 1 is 1.21 bits per heavy atom. The molecule has 2 atom stereocenters. The van der Waals surface area contributed by atoms with Gasteiger partial charge in [0.05, 0.1) is 6.61 Å². The van der Waals surface area contributed by atoms with Gasteiger partial charge in [0.25, 0.3) is 9.05 Å². The van der Waals surface area contributed by atoms with Crippen molar-refractivity contribution >= 4 is 20.2 Å². The van der Waals surface area contributed by atoms with Crippen LogP contribution in [-0.2, 0) is 24.4 Å². The largest absolute Gasteiger partial charge is 0.312 e. The lowest BCUT2D eigenvalue weighted by molar-refractivity contribution is 0.294. The SMILES string of the molecule is CCCCCCCCC[C@H](C)NCCOS(=O)(O)=S. The lowest BCUT2D eigenvalue weighted by Crippen LogP contribution is -2.29. The Bertz CT molecular complexity index is 294. The molecule has 4 nitrogen and oxygen atoms in total. The normalized spacial score (nSPS) is 16.2. The Hall–Kier alpha value is 0.250. The van der Waals surface area contributed by atoms with E-state index in [0.717, 1.165) is 6.42 Å². The van der Waals surface area contributed by atoms with Crippen molar-refractivity contribution in [3.8, 4) is 0 Å². The Labute approximate surface area is 123 Å². The fraction of sp³-hybridized carbons (Fsp3) is 1.00. The molecule has 0 spiro atoms. The number of hydrogen-bond donors (Lipinski definition) is 2. The monoisotopic (exact) mass is 311 g/mol. The average Bonchev–Trinajstić information content (AvgIpc) is 2.32. The minimum atomic E-state index is -3.46. The maximum atomic E-state index is 10.7. The number of nitrogens with one attached hydrogen (secondary N) is 1. The summed E-state index contributed by atoms with van der Waals surface area (Å²) in [6.45, 7) is 5.10. The van der Waals surface area contributed by atoms with Crippen molar-refractivity contribution in [2.24, 2.45) is 0 Å². The van der Waals surface area contributed by atoms with E-state index in [4.69, 9.17) is 4.55 Å². The molecular formula is C13H29NO3S2. The Kier molecular flexibility index (Phi) is 12.2. The summed E-state index contributed by atoms with van der Waals surface area (Å²) >= 11 is 4.23. The molecular weight excluding hydrogens is 282 g/mol. The van der Waals surface area contributed by atoms with Crippen LogP contribution in [-0.4, -0.2) is 28.0 Å². The molecule has 0 aromatic rings. The summed E-state index contributed by atoms with van der Waals surface area (Å²) < 4.78 is 24.0. The molecule has 0 aromatic heterocycles. The maximum Gasteiger partial charge on any atom is 0.266 e. The van der Waals surface area contributed by atoms with Gasteiger partial charge in [0, 0.05) is 23.8 Å². The van der Waals surface area contributed by atoms with E-state index >= 15 is 0 Å². The number of hydrogen-bond acceptors (Lipinski definition) is 4. The lowest BCUT2D eigenvalue weighted by atomic mass is 10.1. The third-order valence-corrected chi connectivity index (χ3v) is 3.82. The second-order valence-corrected chi connectivity index (χ2v) is 7.37. The maximum absolute atomic E-state index is 10.7. The number of unbranched alkanes of at least 4 members (excludes halogenated alkanes) is 6. The van der Waals surface area contributed by atoms with Gasteiger partial charge in [0.2, 0.25) is 0 Å². The summed E-state index contributed by atoms with van der Waals surface area (Å²) in [4.78, 5) is 0. The van der Waals surface area contributed by atoms with Gasteiger partial charge in [-0.25, -0.2) is 0 Å². The highest BCUT2D eigenvalue weighted by Crippen LogP contribution is 2.09. The standard InChI is InChI=1S/C13H29NO3S2/c1-3-4-5-6-7-8-9-10-13(2)14-11-12-17-19(15,16)18/h13-14H,3-12H2,1-2H3,(H,15,16,18)/t13-/m0/s1. The van der Waals surface area contributed by atoms with E-state index in [1.165, 1.54) is 44.9 Å². The van der Waals surface area contributed by atoms with Gasteiger partial charge in [-0.05, 0) is 13.3 Å². The van der Waals surface area contributed by atoms with Crippen LogP contribution in [0.1, 0.15) is 65.2 Å². The molecule has 0 saturated carbocycles. The summed E-state index contributed by atoms with van der Waals surface area (Å²) in [5, 5.41) is 3.26. The quantitative estimate of drug-likeness (QED) is 0.511. The first-order valence-electron chi connectivity index (χ1n) is 7.31. The summed E-state index contributed by atoms with van der Waals surface area (Å²) in [5.41, 5.74) is 0. The van der Waals surface area contributed by atoms with Gasteiger partial charge in [-0.1, -0.05) is 51.9 Å². The van der Waals surface area contributed by atoms with Crippen LogP contribution in [0, 0.1) is 0 Å². The molecule has 0 radical (unpaired) electrons. The van der Waals surface area contributed by atoms with Gasteiger partial charge in [-0.15, -0.1) is 0 Å². The van der Waals surface area contributed by atoms with Crippen LogP contribution in [0.5, 0.6) is 0 Å². The highest BCUT2D eigenvalue weighted by molar-refractivity contribution is 8.27. The average molecular weight is 312 g/mol. The van der Waals surface area contributed by atoms with Crippen molar-refractivity contribution in [1.82, 2.24) is 5.32 Å².